The summed E-state index contributed by atoms with van der Waals surface area (Å²) in [6.45, 7) is 4.93. The third kappa shape index (κ3) is 2.69. The smallest absolute Gasteiger partial charge is 0.308 e. The summed E-state index contributed by atoms with van der Waals surface area (Å²) in [5, 5.41) is 9.18. The summed E-state index contributed by atoms with van der Waals surface area (Å²) < 4.78 is 1.04. The van der Waals surface area contributed by atoms with Gasteiger partial charge in [0.15, 0.2) is 0 Å². The first-order valence-electron chi connectivity index (χ1n) is 6.16. The van der Waals surface area contributed by atoms with Crippen LogP contribution in [0, 0.1) is 5.92 Å². The number of benzene rings is 1. The van der Waals surface area contributed by atoms with Gasteiger partial charge in [0.1, 0.15) is 0 Å². The Kier molecular flexibility index (Phi) is 3.66. The van der Waals surface area contributed by atoms with Gasteiger partial charge in [0.2, 0.25) is 0 Å². The lowest BCUT2D eigenvalue weighted by Gasteiger charge is -2.46. The predicted molar refractivity (Wildman–Crippen MR) is 75.9 cm³/mol. The van der Waals surface area contributed by atoms with Crippen molar-refractivity contribution in [2.75, 3.05) is 11.4 Å². The molecule has 18 heavy (non-hydrogen) atoms. The minimum atomic E-state index is -0.687. The van der Waals surface area contributed by atoms with Crippen LogP contribution in [0.25, 0.3) is 0 Å². The summed E-state index contributed by atoms with van der Waals surface area (Å²) in [7, 11) is 0. The van der Waals surface area contributed by atoms with Crippen LogP contribution in [-0.2, 0) is 4.79 Å². The highest BCUT2D eigenvalue weighted by molar-refractivity contribution is 9.10. The Labute approximate surface area is 116 Å². The van der Waals surface area contributed by atoms with Crippen LogP contribution in [0.5, 0.6) is 0 Å². The van der Waals surface area contributed by atoms with E-state index in [1.165, 1.54) is 0 Å². The highest BCUT2D eigenvalue weighted by Crippen LogP contribution is 2.35. The van der Waals surface area contributed by atoms with Crippen LogP contribution in [0.4, 0.5) is 5.69 Å². The van der Waals surface area contributed by atoms with Crippen LogP contribution in [0.3, 0.4) is 0 Å². The van der Waals surface area contributed by atoms with E-state index < -0.39 is 5.97 Å². The molecule has 1 heterocycles. The quantitative estimate of drug-likeness (QED) is 0.908. The van der Waals surface area contributed by atoms with Crippen LogP contribution in [-0.4, -0.2) is 23.2 Å². The Morgan fingerprint density at radius 3 is 2.56 bits per heavy atom. The molecule has 0 spiro atoms. The molecule has 4 heteroatoms. The van der Waals surface area contributed by atoms with Gasteiger partial charge in [0, 0.05) is 22.2 Å². The van der Waals surface area contributed by atoms with Crippen molar-refractivity contribution in [2.45, 2.75) is 32.2 Å². The van der Waals surface area contributed by atoms with E-state index in [0.29, 0.717) is 6.54 Å². The number of hydrogen-bond acceptors (Lipinski definition) is 2. The number of anilines is 1. The largest absolute Gasteiger partial charge is 0.481 e. The fourth-order valence-electron chi connectivity index (χ4n) is 2.50. The Morgan fingerprint density at radius 1 is 1.39 bits per heavy atom. The number of piperidine rings is 1. The number of halogens is 1. The number of carboxylic acid groups (broad SMARTS) is 1. The molecule has 1 atom stereocenters. The SMILES string of the molecule is CC1(C)CCC(C(=O)O)CN1c1ccc(Br)cc1. The first-order valence-corrected chi connectivity index (χ1v) is 6.95. The zero-order chi connectivity index (χ0) is 13.3. The van der Waals surface area contributed by atoms with E-state index in [-0.39, 0.29) is 11.5 Å². The maximum atomic E-state index is 11.2. The standard InChI is InChI=1S/C14H18BrNO2/c1-14(2)8-7-10(13(17)18)9-16(14)12-5-3-11(15)4-6-12/h3-6,10H,7-9H2,1-2H3,(H,17,18). The van der Waals surface area contributed by atoms with Gasteiger partial charge in [0.25, 0.3) is 0 Å². The van der Waals surface area contributed by atoms with Gasteiger partial charge in [-0.2, -0.15) is 0 Å². The van der Waals surface area contributed by atoms with Crippen molar-refractivity contribution in [3.05, 3.63) is 28.7 Å². The van der Waals surface area contributed by atoms with E-state index in [4.69, 9.17) is 0 Å². The molecule has 0 radical (unpaired) electrons. The van der Waals surface area contributed by atoms with Gasteiger partial charge < -0.3 is 10.0 Å². The van der Waals surface area contributed by atoms with Gasteiger partial charge in [-0.1, -0.05) is 15.9 Å². The molecule has 2 rings (SSSR count). The highest BCUT2D eigenvalue weighted by Gasteiger charge is 2.36. The summed E-state index contributed by atoms with van der Waals surface area (Å²) in [5.74, 6) is -0.950. The molecule has 0 aromatic heterocycles. The molecule has 1 fully saturated rings. The molecule has 1 unspecified atom stereocenters. The zero-order valence-electron chi connectivity index (χ0n) is 10.7. The van der Waals surface area contributed by atoms with Gasteiger partial charge in [0.05, 0.1) is 5.92 Å². The first-order chi connectivity index (χ1) is 8.40. The fraction of sp³-hybridized carbons (Fsp3) is 0.500. The number of rotatable bonds is 2. The lowest BCUT2D eigenvalue weighted by molar-refractivity contribution is -0.142. The monoisotopic (exact) mass is 311 g/mol. The molecule has 0 aliphatic carbocycles. The molecular weight excluding hydrogens is 294 g/mol. The number of nitrogens with zero attached hydrogens (tertiary/aromatic N) is 1. The van der Waals surface area contributed by atoms with Crippen molar-refractivity contribution in [1.29, 1.82) is 0 Å². The average molecular weight is 312 g/mol. The molecule has 1 aliphatic heterocycles. The van der Waals surface area contributed by atoms with Gasteiger partial charge in [-0.25, -0.2) is 0 Å². The fourth-order valence-corrected chi connectivity index (χ4v) is 2.76. The maximum absolute atomic E-state index is 11.2. The Hall–Kier alpha value is -1.03. The molecule has 1 N–H and O–H groups in total. The Balaban J connectivity index is 2.26. The van der Waals surface area contributed by atoms with Gasteiger partial charge >= 0.3 is 5.97 Å². The maximum Gasteiger partial charge on any atom is 0.308 e. The van der Waals surface area contributed by atoms with Crippen molar-refractivity contribution >= 4 is 27.6 Å². The van der Waals surface area contributed by atoms with Gasteiger partial charge in [-0.05, 0) is 51.0 Å². The van der Waals surface area contributed by atoms with Crippen LogP contribution < -0.4 is 4.90 Å². The van der Waals surface area contributed by atoms with E-state index in [1.54, 1.807) is 0 Å². The van der Waals surface area contributed by atoms with Crippen LogP contribution in [0.2, 0.25) is 0 Å². The summed E-state index contributed by atoms with van der Waals surface area (Å²) in [4.78, 5) is 13.4. The first kappa shape index (κ1) is 13.4. The second-order valence-electron chi connectivity index (χ2n) is 5.47. The van der Waals surface area contributed by atoms with Crippen molar-refractivity contribution in [3.8, 4) is 0 Å². The van der Waals surface area contributed by atoms with Crippen molar-refractivity contribution in [2.24, 2.45) is 5.92 Å². The van der Waals surface area contributed by atoms with E-state index in [0.717, 1.165) is 23.0 Å². The average Bonchev–Trinajstić information content (AvgIpc) is 2.30. The lowest BCUT2D eigenvalue weighted by Crippen LogP contribution is -2.52. The molecule has 98 valence electrons. The third-order valence-electron chi connectivity index (χ3n) is 3.73. The molecule has 0 saturated carbocycles. The van der Waals surface area contributed by atoms with Crippen LogP contribution in [0.1, 0.15) is 26.7 Å². The summed E-state index contributed by atoms with van der Waals surface area (Å²) in [6.07, 6.45) is 1.66. The highest BCUT2D eigenvalue weighted by atomic mass is 79.9. The van der Waals surface area contributed by atoms with Crippen LogP contribution in [0.15, 0.2) is 28.7 Å². The lowest BCUT2D eigenvalue weighted by atomic mass is 9.84. The molecule has 1 aliphatic rings. The summed E-state index contributed by atoms with van der Waals surface area (Å²) in [5.41, 5.74) is 1.11. The summed E-state index contributed by atoms with van der Waals surface area (Å²) >= 11 is 3.42. The predicted octanol–water partition coefficient (Wildman–Crippen LogP) is 3.53. The van der Waals surface area contributed by atoms with Crippen molar-refractivity contribution in [1.82, 2.24) is 0 Å². The number of hydrogen-bond donors (Lipinski definition) is 1. The molecule has 1 saturated heterocycles. The summed E-state index contributed by atoms with van der Waals surface area (Å²) in [6, 6.07) is 8.07. The number of carboxylic acids is 1. The van der Waals surface area contributed by atoms with E-state index >= 15 is 0 Å². The van der Waals surface area contributed by atoms with E-state index in [9.17, 15) is 9.90 Å². The number of aliphatic carboxylic acids is 1. The molecule has 0 amide bonds. The second-order valence-corrected chi connectivity index (χ2v) is 6.39. The van der Waals surface area contributed by atoms with Gasteiger partial charge in [-0.15, -0.1) is 0 Å². The second kappa shape index (κ2) is 4.92. The molecule has 3 nitrogen and oxygen atoms in total. The molecule has 1 aromatic rings. The molecule has 1 aromatic carbocycles. The van der Waals surface area contributed by atoms with Crippen molar-refractivity contribution < 1.29 is 9.90 Å². The Morgan fingerprint density at radius 2 is 2.00 bits per heavy atom. The van der Waals surface area contributed by atoms with Gasteiger partial charge in [-0.3, -0.25) is 4.79 Å². The van der Waals surface area contributed by atoms with Crippen molar-refractivity contribution in [3.63, 3.8) is 0 Å². The third-order valence-corrected chi connectivity index (χ3v) is 4.25. The zero-order valence-corrected chi connectivity index (χ0v) is 12.3. The minimum Gasteiger partial charge on any atom is -0.481 e. The molecule has 0 bridgehead atoms. The number of carbonyl (C=O) groups is 1. The molecular formula is C14H18BrNO2. The van der Waals surface area contributed by atoms with E-state index in [1.807, 2.05) is 24.3 Å². The Bertz CT molecular complexity index is 442. The van der Waals surface area contributed by atoms with Crippen LogP contribution >= 0.6 is 15.9 Å². The normalized spacial score (nSPS) is 22.8. The van der Waals surface area contributed by atoms with E-state index in [2.05, 4.69) is 34.7 Å². The minimum absolute atomic E-state index is 0.0137. The topological polar surface area (TPSA) is 40.5 Å².